The lowest BCUT2D eigenvalue weighted by atomic mass is 10.0. The summed E-state index contributed by atoms with van der Waals surface area (Å²) in [6.45, 7) is 0. The molecule has 3 nitrogen and oxygen atoms in total. The van der Waals surface area contributed by atoms with E-state index in [0.717, 1.165) is 12.1 Å². The molecule has 0 atom stereocenters. The molecule has 2 rings (SSSR count). The molecule has 0 N–H and O–H groups in total. The van der Waals surface area contributed by atoms with Crippen LogP contribution in [0.3, 0.4) is 0 Å². The van der Waals surface area contributed by atoms with Gasteiger partial charge in [-0.1, -0.05) is 17.7 Å². The first-order valence-electron chi connectivity index (χ1n) is 5.89. The maximum Gasteiger partial charge on any atom is 0.200 e. The van der Waals surface area contributed by atoms with Crippen LogP contribution in [0, 0.1) is 11.6 Å². The summed E-state index contributed by atoms with van der Waals surface area (Å²) >= 11 is 5.99. The van der Waals surface area contributed by atoms with Crippen LogP contribution < -0.4 is 9.47 Å². The molecule has 2 aromatic rings. The van der Waals surface area contributed by atoms with Crippen molar-refractivity contribution in [3.05, 3.63) is 58.1 Å². The first-order chi connectivity index (χ1) is 9.99. The van der Waals surface area contributed by atoms with E-state index in [2.05, 4.69) is 0 Å². The Balaban J connectivity index is 2.59. The van der Waals surface area contributed by atoms with Gasteiger partial charge in [0, 0.05) is 11.6 Å². The second-order valence-electron chi connectivity index (χ2n) is 4.11. The highest BCUT2D eigenvalue weighted by atomic mass is 35.5. The Morgan fingerprint density at radius 3 is 2.10 bits per heavy atom. The van der Waals surface area contributed by atoms with Crippen molar-refractivity contribution < 1.29 is 23.0 Å². The molecule has 0 amide bonds. The molecule has 0 saturated carbocycles. The Hall–Kier alpha value is -2.14. The average molecular weight is 313 g/mol. The molecule has 0 unspecified atom stereocenters. The molecule has 0 aliphatic carbocycles. The lowest BCUT2D eigenvalue weighted by molar-refractivity contribution is 0.103. The van der Waals surface area contributed by atoms with Crippen molar-refractivity contribution >= 4 is 17.4 Å². The quantitative estimate of drug-likeness (QED) is 0.804. The van der Waals surface area contributed by atoms with Crippen molar-refractivity contribution in [2.75, 3.05) is 14.2 Å². The van der Waals surface area contributed by atoms with Crippen LogP contribution in [0.4, 0.5) is 8.78 Å². The Morgan fingerprint density at radius 2 is 1.57 bits per heavy atom. The molecule has 0 saturated heterocycles. The van der Waals surface area contributed by atoms with Gasteiger partial charge in [0.15, 0.2) is 11.5 Å². The number of ether oxygens (including phenoxy) is 2. The summed E-state index contributed by atoms with van der Waals surface area (Å²) in [4.78, 5) is 12.3. The Labute approximate surface area is 125 Å². The molecule has 21 heavy (non-hydrogen) atoms. The molecule has 0 bridgehead atoms. The monoisotopic (exact) mass is 312 g/mol. The lowest BCUT2D eigenvalue weighted by Crippen LogP contribution is -2.08. The zero-order chi connectivity index (χ0) is 15.6. The van der Waals surface area contributed by atoms with Crippen molar-refractivity contribution in [1.82, 2.24) is 0 Å². The molecular weight excluding hydrogens is 302 g/mol. The van der Waals surface area contributed by atoms with Gasteiger partial charge in [-0.2, -0.15) is 0 Å². The predicted molar refractivity (Wildman–Crippen MR) is 74.3 cm³/mol. The van der Waals surface area contributed by atoms with Crippen molar-refractivity contribution in [2.24, 2.45) is 0 Å². The third-order valence-electron chi connectivity index (χ3n) is 2.91. The van der Waals surface area contributed by atoms with Gasteiger partial charge < -0.3 is 9.47 Å². The summed E-state index contributed by atoms with van der Waals surface area (Å²) in [5, 5.41) is 0.0142. The van der Waals surface area contributed by atoms with Gasteiger partial charge in [-0.15, -0.1) is 0 Å². The number of ketones is 1. The van der Waals surface area contributed by atoms with E-state index in [9.17, 15) is 13.6 Å². The number of hydrogen-bond donors (Lipinski definition) is 0. The summed E-state index contributed by atoms with van der Waals surface area (Å²) < 4.78 is 37.5. The third kappa shape index (κ3) is 2.83. The van der Waals surface area contributed by atoms with E-state index in [0.29, 0.717) is 5.75 Å². The highest BCUT2D eigenvalue weighted by molar-refractivity contribution is 6.35. The van der Waals surface area contributed by atoms with Gasteiger partial charge in [0.05, 0.1) is 24.8 Å². The molecule has 0 radical (unpaired) electrons. The minimum absolute atomic E-state index is 0.0142. The summed E-state index contributed by atoms with van der Waals surface area (Å²) in [5.74, 6) is -2.22. The predicted octanol–water partition coefficient (Wildman–Crippen LogP) is 3.87. The number of halogens is 3. The zero-order valence-electron chi connectivity index (χ0n) is 11.2. The topological polar surface area (TPSA) is 35.5 Å². The maximum atomic E-state index is 13.7. The SMILES string of the molecule is COc1cc(Cl)c(C(=O)c2c(F)cccc2F)cc1OC. The summed E-state index contributed by atoms with van der Waals surface area (Å²) in [7, 11) is 2.79. The molecule has 0 heterocycles. The zero-order valence-corrected chi connectivity index (χ0v) is 12.0. The molecule has 110 valence electrons. The van der Waals surface area contributed by atoms with Crippen LogP contribution in [0.5, 0.6) is 11.5 Å². The minimum Gasteiger partial charge on any atom is -0.493 e. The van der Waals surface area contributed by atoms with Crippen LogP contribution in [0.1, 0.15) is 15.9 Å². The van der Waals surface area contributed by atoms with Gasteiger partial charge in [-0.25, -0.2) is 8.78 Å². The van der Waals surface area contributed by atoms with Gasteiger partial charge in [0.2, 0.25) is 5.78 Å². The number of carbonyl (C=O) groups is 1. The Kier molecular flexibility index (Phi) is 4.43. The fourth-order valence-electron chi connectivity index (χ4n) is 1.88. The van der Waals surface area contributed by atoms with E-state index in [1.165, 1.54) is 32.4 Å². The van der Waals surface area contributed by atoms with E-state index >= 15 is 0 Å². The maximum absolute atomic E-state index is 13.7. The van der Waals surface area contributed by atoms with Crippen LogP contribution in [0.25, 0.3) is 0 Å². The third-order valence-corrected chi connectivity index (χ3v) is 3.22. The van der Waals surface area contributed by atoms with Crippen molar-refractivity contribution in [3.8, 4) is 11.5 Å². The molecule has 0 spiro atoms. The van der Waals surface area contributed by atoms with Gasteiger partial charge in [-0.3, -0.25) is 4.79 Å². The van der Waals surface area contributed by atoms with E-state index in [-0.39, 0.29) is 16.3 Å². The van der Waals surface area contributed by atoms with Crippen LogP contribution in [0.2, 0.25) is 5.02 Å². The molecule has 0 aliphatic heterocycles. The van der Waals surface area contributed by atoms with Gasteiger partial charge in [0.25, 0.3) is 0 Å². The molecule has 0 aromatic heterocycles. The van der Waals surface area contributed by atoms with E-state index < -0.39 is 23.0 Å². The fraction of sp³-hybridized carbons (Fsp3) is 0.133. The number of rotatable bonds is 4. The summed E-state index contributed by atoms with van der Waals surface area (Å²) in [5.41, 5.74) is -0.732. The van der Waals surface area contributed by atoms with E-state index in [4.69, 9.17) is 21.1 Å². The van der Waals surface area contributed by atoms with Crippen LogP contribution in [-0.4, -0.2) is 20.0 Å². The first-order valence-corrected chi connectivity index (χ1v) is 6.27. The Morgan fingerprint density at radius 1 is 1.05 bits per heavy atom. The molecular formula is C15H11ClF2O3. The highest BCUT2D eigenvalue weighted by Gasteiger charge is 2.23. The molecule has 6 heteroatoms. The minimum atomic E-state index is -0.953. The highest BCUT2D eigenvalue weighted by Crippen LogP contribution is 2.34. The number of hydrogen-bond acceptors (Lipinski definition) is 3. The first kappa shape index (κ1) is 15.3. The van der Waals surface area contributed by atoms with E-state index in [1.807, 2.05) is 0 Å². The van der Waals surface area contributed by atoms with Crippen molar-refractivity contribution in [2.45, 2.75) is 0 Å². The standard InChI is InChI=1S/C15H11ClF2O3/c1-20-12-6-8(9(16)7-13(12)21-2)15(19)14-10(17)4-3-5-11(14)18/h3-7H,1-2H3. The van der Waals surface area contributed by atoms with Crippen molar-refractivity contribution in [3.63, 3.8) is 0 Å². The second kappa shape index (κ2) is 6.10. The lowest BCUT2D eigenvalue weighted by Gasteiger charge is -2.11. The number of benzene rings is 2. The molecule has 2 aromatic carbocycles. The fourth-order valence-corrected chi connectivity index (χ4v) is 2.12. The second-order valence-corrected chi connectivity index (χ2v) is 4.52. The smallest absolute Gasteiger partial charge is 0.200 e. The Bertz CT molecular complexity index is 681. The number of methoxy groups -OCH3 is 2. The van der Waals surface area contributed by atoms with E-state index in [1.54, 1.807) is 0 Å². The van der Waals surface area contributed by atoms with Gasteiger partial charge >= 0.3 is 0 Å². The van der Waals surface area contributed by atoms with Crippen LogP contribution >= 0.6 is 11.6 Å². The van der Waals surface area contributed by atoms with Crippen LogP contribution in [0.15, 0.2) is 30.3 Å². The molecule has 0 fully saturated rings. The average Bonchev–Trinajstić information content (AvgIpc) is 2.46. The normalized spacial score (nSPS) is 10.3. The summed E-state index contributed by atoms with van der Waals surface area (Å²) in [6, 6.07) is 5.83. The molecule has 0 aliphatic rings. The van der Waals surface area contributed by atoms with Crippen molar-refractivity contribution in [1.29, 1.82) is 0 Å². The van der Waals surface area contributed by atoms with Crippen LogP contribution in [-0.2, 0) is 0 Å². The largest absolute Gasteiger partial charge is 0.493 e. The van der Waals surface area contributed by atoms with Gasteiger partial charge in [0.1, 0.15) is 11.6 Å². The number of carbonyl (C=O) groups excluding carboxylic acids is 1. The van der Waals surface area contributed by atoms with Gasteiger partial charge in [-0.05, 0) is 18.2 Å². The summed E-state index contributed by atoms with van der Waals surface area (Å²) in [6.07, 6.45) is 0.